The molecule has 0 spiro atoms. The largest absolute Gasteiger partial charge is 0.506 e. The predicted molar refractivity (Wildman–Crippen MR) is 96.1 cm³/mol. The molecule has 0 aromatic heterocycles. The van der Waals surface area contributed by atoms with Gasteiger partial charge in [0.2, 0.25) is 10.0 Å². The van der Waals surface area contributed by atoms with E-state index in [-0.39, 0.29) is 16.3 Å². The molecule has 7 nitrogen and oxygen atoms in total. The molecule has 0 saturated heterocycles. The second kappa shape index (κ2) is 6.42. The van der Waals surface area contributed by atoms with Crippen LogP contribution in [0.4, 0.5) is 16.2 Å². The Balaban J connectivity index is 1.86. The van der Waals surface area contributed by atoms with E-state index in [9.17, 15) is 18.3 Å². The molecule has 0 aliphatic rings. The molecule has 3 aromatic carbocycles. The highest BCUT2D eigenvalue weighted by atomic mass is 32.2. The van der Waals surface area contributed by atoms with Crippen molar-refractivity contribution in [1.29, 1.82) is 0 Å². The molecule has 5 N–H and O–H groups in total. The first-order valence-corrected chi connectivity index (χ1v) is 8.81. The second-order valence-corrected chi connectivity index (χ2v) is 6.89. The van der Waals surface area contributed by atoms with Crippen molar-refractivity contribution in [2.75, 3.05) is 10.6 Å². The first-order chi connectivity index (χ1) is 11.8. The number of urea groups is 1. The van der Waals surface area contributed by atoms with Crippen molar-refractivity contribution in [3.8, 4) is 5.75 Å². The number of sulfonamides is 1. The zero-order valence-electron chi connectivity index (χ0n) is 12.9. The van der Waals surface area contributed by atoms with Gasteiger partial charge < -0.3 is 15.7 Å². The topological polar surface area (TPSA) is 122 Å². The molecule has 0 aliphatic carbocycles. The van der Waals surface area contributed by atoms with E-state index in [2.05, 4.69) is 10.6 Å². The molecule has 0 fully saturated rings. The van der Waals surface area contributed by atoms with Gasteiger partial charge in [0.25, 0.3) is 0 Å². The van der Waals surface area contributed by atoms with Crippen molar-refractivity contribution in [3.63, 3.8) is 0 Å². The van der Waals surface area contributed by atoms with E-state index in [0.717, 1.165) is 29.0 Å². The van der Waals surface area contributed by atoms with Crippen LogP contribution in [0.3, 0.4) is 0 Å². The van der Waals surface area contributed by atoms with Gasteiger partial charge in [0.15, 0.2) is 0 Å². The molecule has 0 atom stereocenters. The lowest BCUT2D eigenvalue weighted by atomic mass is 10.1. The number of hydrogen-bond acceptors (Lipinski definition) is 4. The Morgan fingerprint density at radius 2 is 1.60 bits per heavy atom. The van der Waals surface area contributed by atoms with E-state index >= 15 is 0 Å². The molecule has 2 amide bonds. The zero-order chi connectivity index (χ0) is 18.0. The number of nitrogens with one attached hydrogen (secondary N) is 2. The highest BCUT2D eigenvalue weighted by molar-refractivity contribution is 7.89. The maximum absolute atomic E-state index is 12.2. The number of amides is 2. The van der Waals surface area contributed by atoms with E-state index in [1.807, 2.05) is 30.3 Å². The van der Waals surface area contributed by atoms with Crippen LogP contribution in [0, 0.1) is 0 Å². The summed E-state index contributed by atoms with van der Waals surface area (Å²) in [6.07, 6.45) is 0. The summed E-state index contributed by atoms with van der Waals surface area (Å²) in [5, 5.41) is 21.8. The van der Waals surface area contributed by atoms with Gasteiger partial charge in [-0.3, -0.25) is 0 Å². The maximum Gasteiger partial charge on any atom is 0.323 e. The Kier molecular flexibility index (Phi) is 4.30. The number of nitrogens with two attached hydrogens (primary N) is 1. The highest BCUT2D eigenvalue weighted by Gasteiger charge is 2.13. The molecule has 25 heavy (non-hydrogen) atoms. The number of carbonyl (C=O) groups excluding carboxylic acids is 1. The van der Waals surface area contributed by atoms with Gasteiger partial charge in [-0.05, 0) is 29.7 Å². The molecule has 0 bridgehead atoms. The number of phenols is 1. The molecule has 8 heteroatoms. The standard InChI is InChI=1S/C17H15N3O4S/c18-25(23,24)12-8-9-16(21)15(10-12)20-17(22)19-14-7-3-5-11-4-1-2-6-13(11)14/h1-10,21H,(H2,18,23,24)(H2,19,20,22). The SMILES string of the molecule is NS(=O)(=O)c1ccc(O)c(NC(=O)Nc2cccc3ccccc23)c1. The summed E-state index contributed by atoms with van der Waals surface area (Å²) in [5.74, 6) is -0.277. The van der Waals surface area contributed by atoms with Gasteiger partial charge in [-0.2, -0.15) is 0 Å². The van der Waals surface area contributed by atoms with Gasteiger partial charge in [0.1, 0.15) is 5.75 Å². The van der Waals surface area contributed by atoms with Crippen molar-refractivity contribution in [1.82, 2.24) is 0 Å². The van der Waals surface area contributed by atoms with Crippen LogP contribution in [0.2, 0.25) is 0 Å². The maximum atomic E-state index is 12.2. The van der Waals surface area contributed by atoms with Crippen LogP contribution < -0.4 is 15.8 Å². The van der Waals surface area contributed by atoms with Gasteiger partial charge >= 0.3 is 6.03 Å². The van der Waals surface area contributed by atoms with Crippen molar-refractivity contribution in [2.45, 2.75) is 4.90 Å². The number of fused-ring (bicyclic) bond motifs is 1. The van der Waals surface area contributed by atoms with Crippen LogP contribution in [0.1, 0.15) is 0 Å². The van der Waals surface area contributed by atoms with E-state index in [1.54, 1.807) is 12.1 Å². The average Bonchev–Trinajstić information content (AvgIpc) is 2.56. The number of benzene rings is 3. The average molecular weight is 357 g/mol. The molecule has 0 unspecified atom stereocenters. The number of aromatic hydroxyl groups is 1. The highest BCUT2D eigenvalue weighted by Crippen LogP contribution is 2.27. The van der Waals surface area contributed by atoms with E-state index in [4.69, 9.17) is 5.14 Å². The van der Waals surface area contributed by atoms with E-state index in [1.165, 1.54) is 0 Å². The monoisotopic (exact) mass is 357 g/mol. The van der Waals surface area contributed by atoms with Crippen molar-refractivity contribution < 1.29 is 18.3 Å². The van der Waals surface area contributed by atoms with Crippen LogP contribution in [-0.4, -0.2) is 19.6 Å². The molecule has 0 aliphatic heterocycles. The second-order valence-electron chi connectivity index (χ2n) is 5.33. The van der Waals surface area contributed by atoms with E-state index < -0.39 is 16.1 Å². The molecular weight excluding hydrogens is 342 g/mol. The molecular formula is C17H15N3O4S. The molecule has 0 heterocycles. The van der Waals surface area contributed by atoms with Gasteiger partial charge in [-0.1, -0.05) is 36.4 Å². The Labute approximate surface area is 144 Å². The minimum atomic E-state index is -3.95. The van der Waals surface area contributed by atoms with Crippen LogP contribution >= 0.6 is 0 Å². The van der Waals surface area contributed by atoms with Crippen molar-refractivity contribution in [2.24, 2.45) is 5.14 Å². The van der Waals surface area contributed by atoms with Crippen LogP contribution in [-0.2, 0) is 10.0 Å². The number of anilines is 2. The minimum absolute atomic E-state index is 0.0655. The number of hydrogen-bond donors (Lipinski definition) is 4. The summed E-state index contributed by atoms with van der Waals surface area (Å²) >= 11 is 0. The summed E-state index contributed by atoms with van der Waals surface area (Å²) in [6, 6.07) is 15.7. The lowest BCUT2D eigenvalue weighted by molar-refractivity contribution is 0.262. The van der Waals surface area contributed by atoms with Gasteiger partial charge in [0, 0.05) is 5.39 Å². The molecule has 3 rings (SSSR count). The van der Waals surface area contributed by atoms with E-state index in [0.29, 0.717) is 5.69 Å². The summed E-state index contributed by atoms with van der Waals surface area (Å²) in [6.45, 7) is 0. The van der Waals surface area contributed by atoms with Crippen LogP contribution in [0.25, 0.3) is 10.8 Å². The lowest BCUT2D eigenvalue weighted by Gasteiger charge is -2.12. The first-order valence-electron chi connectivity index (χ1n) is 7.26. The third kappa shape index (κ3) is 3.70. The fraction of sp³-hybridized carbons (Fsp3) is 0. The summed E-state index contributed by atoms with van der Waals surface area (Å²) in [5.41, 5.74) is 0.516. The molecule has 0 saturated carbocycles. The van der Waals surface area contributed by atoms with Gasteiger partial charge in [-0.15, -0.1) is 0 Å². The zero-order valence-corrected chi connectivity index (χ0v) is 13.7. The Morgan fingerprint density at radius 3 is 2.36 bits per heavy atom. The number of rotatable bonds is 3. The van der Waals surface area contributed by atoms with Crippen molar-refractivity contribution in [3.05, 3.63) is 60.7 Å². The summed E-state index contributed by atoms with van der Waals surface area (Å²) in [7, 11) is -3.95. The lowest BCUT2D eigenvalue weighted by Crippen LogP contribution is -2.20. The number of carbonyl (C=O) groups is 1. The summed E-state index contributed by atoms with van der Waals surface area (Å²) < 4.78 is 22.8. The number of primary sulfonamides is 1. The molecule has 0 radical (unpaired) electrons. The van der Waals surface area contributed by atoms with Crippen LogP contribution in [0.15, 0.2) is 65.6 Å². The van der Waals surface area contributed by atoms with Crippen molar-refractivity contribution >= 4 is 38.2 Å². The smallest absolute Gasteiger partial charge is 0.323 e. The first kappa shape index (κ1) is 16.7. The summed E-state index contributed by atoms with van der Waals surface area (Å²) in [4.78, 5) is 12.0. The predicted octanol–water partition coefficient (Wildman–Crippen LogP) is 2.84. The Bertz CT molecular complexity index is 1060. The number of phenolic OH excluding ortho intramolecular Hbond substituents is 1. The minimum Gasteiger partial charge on any atom is -0.506 e. The third-order valence-electron chi connectivity index (χ3n) is 3.58. The Morgan fingerprint density at radius 1 is 0.920 bits per heavy atom. The van der Waals surface area contributed by atoms with Gasteiger partial charge in [-0.25, -0.2) is 18.4 Å². The fourth-order valence-electron chi connectivity index (χ4n) is 2.40. The quantitative estimate of drug-likeness (QED) is 0.538. The third-order valence-corrected chi connectivity index (χ3v) is 4.49. The molecule has 3 aromatic rings. The van der Waals surface area contributed by atoms with Crippen LogP contribution in [0.5, 0.6) is 5.75 Å². The fourth-order valence-corrected chi connectivity index (χ4v) is 2.94. The molecule has 128 valence electrons. The Hall–Kier alpha value is -3.10. The normalized spacial score (nSPS) is 11.2. The van der Waals surface area contributed by atoms with Gasteiger partial charge in [0.05, 0.1) is 16.3 Å².